The van der Waals surface area contributed by atoms with E-state index in [2.05, 4.69) is 21.4 Å². The summed E-state index contributed by atoms with van der Waals surface area (Å²) in [6, 6.07) is 12.8. The SMILES string of the molecule is Cc1cc(C)cc(Nc2nccc(-c3c(-c4ccc(C(F)(F)F)cc4)ncn3C3CCN(C(=O)OC(C)(C)C)CC3)n2)c1. The summed E-state index contributed by atoms with van der Waals surface area (Å²) in [5.74, 6) is 0.383. The van der Waals surface area contributed by atoms with E-state index in [1.54, 1.807) is 23.5 Å². The number of anilines is 2. The third kappa shape index (κ3) is 7.15. The Balaban J connectivity index is 1.49. The first-order valence-corrected chi connectivity index (χ1v) is 14.2. The van der Waals surface area contributed by atoms with Crippen molar-refractivity contribution >= 4 is 17.7 Å². The van der Waals surface area contributed by atoms with Crippen molar-refractivity contribution in [1.82, 2.24) is 24.4 Å². The average Bonchev–Trinajstić information content (AvgIpc) is 3.37. The molecule has 11 heteroatoms. The molecule has 2 aromatic carbocycles. The number of nitrogens with zero attached hydrogens (tertiary/aromatic N) is 5. The maximum atomic E-state index is 13.3. The quantitative estimate of drug-likeness (QED) is 0.253. The first kappa shape index (κ1) is 30.1. The predicted octanol–water partition coefficient (Wildman–Crippen LogP) is 7.96. The van der Waals surface area contributed by atoms with Gasteiger partial charge in [-0.15, -0.1) is 0 Å². The van der Waals surface area contributed by atoms with Crippen molar-refractivity contribution in [2.75, 3.05) is 18.4 Å². The second-order valence-electron chi connectivity index (χ2n) is 11.9. The van der Waals surface area contributed by atoms with Gasteiger partial charge in [0, 0.05) is 36.6 Å². The molecule has 2 aromatic heterocycles. The summed E-state index contributed by atoms with van der Waals surface area (Å²) in [6.07, 6.45) is -0.145. The highest BCUT2D eigenvalue weighted by Crippen LogP contribution is 2.37. The van der Waals surface area contributed by atoms with Crippen LogP contribution in [-0.2, 0) is 10.9 Å². The highest BCUT2D eigenvalue weighted by atomic mass is 19.4. The van der Waals surface area contributed by atoms with Gasteiger partial charge in [-0.3, -0.25) is 0 Å². The molecule has 8 nitrogen and oxygen atoms in total. The van der Waals surface area contributed by atoms with Gasteiger partial charge < -0.3 is 19.5 Å². The second-order valence-corrected chi connectivity index (χ2v) is 11.9. The molecule has 0 radical (unpaired) electrons. The minimum Gasteiger partial charge on any atom is -0.444 e. The lowest BCUT2D eigenvalue weighted by atomic mass is 10.0. The summed E-state index contributed by atoms with van der Waals surface area (Å²) >= 11 is 0. The molecule has 0 aliphatic carbocycles. The Kier molecular flexibility index (Phi) is 8.18. The number of alkyl halides is 3. The first-order chi connectivity index (χ1) is 20.3. The van der Waals surface area contributed by atoms with Crippen molar-refractivity contribution in [3.05, 3.63) is 77.7 Å². The Morgan fingerprint density at radius 2 is 1.60 bits per heavy atom. The Bertz CT molecular complexity index is 1580. The molecule has 1 amide bonds. The molecular weight excluding hydrogens is 557 g/mol. The van der Waals surface area contributed by atoms with Crippen LogP contribution in [0.3, 0.4) is 0 Å². The standard InChI is InChI=1S/C32H35F3N6O2/c1-20-16-21(2)18-24(17-20)38-29-36-13-10-26(39-29)28-27(22-6-8-23(9-7-22)32(33,34)35)37-19-41(28)25-11-14-40(15-12-25)30(42)43-31(3,4)5/h6-10,13,16-19,25H,11-12,14-15H2,1-5H3,(H,36,38,39). The Morgan fingerprint density at radius 1 is 0.953 bits per heavy atom. The van der Waals surface area contributed by atoms with Gasteiger partial charge in [-0.1, -0.05) is 18.2 Å². The molecule has 1 aliphatic rings. The van der Waals surface area contributed by atoms with Crippen LogP contribution in [0.1, 0.15) is 56.3 Å². The normalized spacial score (nSPS) is 14.6. The number of ether oxygens (including phenoxy) is 1. The molecular formula is C32H35F3N6O2. The Labute approximate surface area is 249 Å². The number of aryl methyl sites for hydroxylation is 2. The number of hydrogen-bond donors (Lipinski definition) is 1. The molecule has 4 aromatic rings. The molecule has 43 heavy (non-hydrogen) atoms. The van der Waals surface area contributed by atoms with Crippen LogP contribution in [0.2, 0.25) is 0 Å². The van der Waals surface area contributed by atoms with Gasteiger partial charge in [0.1, 0.15) is 5.60 Å². The van der Waals surface area contributed by atoms with Gasteiger partial charge in [0.25, 0.3) is 0 Å². The summed E-state index contributed by atoms with van der Waals surface area (Å²) < 4.78 is 47.4. The zero-order valence-corrected chi connectivity index (χ0v) is 24.9. The number of benzene rings is 2. The predicted molar refractivity (Wildman–Crippen MR) is 159 cm³/mol. The van der Waals surface area contributed by atoms with E-state index in [0.717, 1.165) is 28.9 Å². The van der Waals surface area contributed by atoms with Crippen LogP contribution >= 0.6 is 0 Å². The van der Waals surface area contributed by atoms with Gasteiger partial charge in [0.05, 0.1) is 29.0 Å². The van der Waals surface area contributed by atoms with Gasteiger partial charge in [-0.25, -0.2) is 19.7 Å². The van der Waals surface area contributed by atoms with E-state index < -0.39 is 17.3 Å². The van der Waals surface area contributed by atoms with E-state index in [4.69, 9.17) is 9.72 Å². The van der Waals surface area contributed by atoms with Crippen molar-refractivity contribution in [2.24, 2.45) is 0 Å². The fraction of sp³-hybridized carbons (Fsp3) is 0.375. The zero-order chi connectivity index (χ0) is 30.9. The second kappa shape index (κ2) is 11.7. The number of amides is 1. The van der Waals surface area contributed by atoms with E-state index in [9.17, 15) is 18.0 Å². The van der Waals surface area contributed by atoms with Crippen LogP contribution in [0.4, 0.5) is 29.6 Å². The van der Waals surface area contributed by atoms with Crippen LogP contribution in [-0.4, -0.2) is 49.2 Å². The fourth-order valence-electron chi connectivity index (χ4n) is 5.30. The Hall–Kier alpha value is -4.41. The number of aromatic nitrogens is 4. The van der Waals surface area contributed by atoms with Gasteiger partial charge in [0.2, 0.25) is 5.95 Å². The molecule has 5 rings (SSSR count). The van der Waals surface area contributed by atoms with Crippen LogP contribution in [0.25, 0.3) is 22.6 Å². The van der Waals surface area contributed by atoms with Gasteiger partial charge in [0.15, 0.2) is 0 Å². The zero-order valence-electron chi connectivity index (χ0n) is 24.9. The number of imidazole rings is 1. The molecule has 1 saturated heterocycles. The number of carbonyl (C=O) groups excluding carboxylic acids is 1. The van der Waals surface area contributed by atoms with Crippen LogP contribution in [0.15, 0.2) is 61.1 Å². The van der Waals surface area contributed by atoms with Crippen LogP contribution < -0.4 is 5.32 Å². The lowest BCUT2D eigenvalue weighted by Crippen LogP contribution is -2.42. The lowest BCUT2D eigenvalue weighted by molar-refractivity contribution is -0.137. The monoisotopic (exact) mass is 592 g/mol. The number of piperidine rings is 1. The summed E-state index contributed by atoms with van der Waals surface area (Å²) in [7, 11) is 0. The van der Waals surface area contributed by atoms with Crippen LogP contribution in [0.5, 0.6) is 0 Å². The van der Waals surface area contributed by atoms with Gasteiger partial charge in [-0.05, 0) is 88.9 Å². The molecule has 3 heterocycles. The number of rotatable bonds is 5. The number of carbonyl (C=O) groups is 1. The van der Waals surface area contributed by atoms with E-state index >= 15 is 0 Å². The third-order valence-electron chi connectivity index (χ3n) is 7.16. The number of hydrogen-bond acceptors (Lipinski definition) is 6. The summed E-state index contributed by atoms with van der Waals surface area (Å²) in [5.41, 5.74) is 4.02. The van der Waals surface area contributed by atoms with Gasteiger partial charge >= 0.3 is 12.3 Å². The molecule has 0 unspecified atom stereocenters. The Morgan fingerprint density at radius 3 is 2.21 bits per heavy atom. The van der Waals surface area contributed by atoms with Crippen molar-refractivity contribution < 1.29 is 22.7 Å². The van der Waals surface area contributed by atoms with Crippen molar-refractivity contribution in [3.63, 3.8) is 0 Å². The average molecular weight is 593 g/mol. The third-order valence-corrected chi connectivity index (χ3v) is 7.16. The fourth-order valence-corrected chi connectivity index (χ4v) is 5.30. The molecule has 1 aliphatic heterocycles. The van der Waals surface area contributed by atoms with Crippen molar-refractivity contribution in [3.8, 4) is 22.6 Å². The number of nitrogens with one attached hydrogen (secondary N) is 1. The molecule has 1 N–H and O–H groups in total. The lowest BCUT2D eigenvalue weighted by Gasteiger charge is -2.34. The van der Waals surface area contributed by atoms with E-state index in [1.165, 1.54) is 12.1 Å². The summed E-state index contributed by atoms with van der Waals surface area (Å²) in [5, 5.41) is 3.27. The summed E-state index contributed by atoms with van der Waals surface area (Å²) in [4.78, 5) is 28.2. The summed E-state index contributed by atoms with van der Waals surface area (Å²) in [6.45, 7) is 10.5. The minimum absolute atomic E-state index is 0.0183. The highest BCUT2D eigenvalue weighted by Gasteiger charge is 2.32. The molecule has 0 spiro atoms. The van der Waals surface area contributed by atoms with E-state index in [-0.39, 0.29) is 12.1 Å². The maximum Gasteiger partial charge on any atom is 0.416 e. The topological polar surface area (TPSA) is 85.2 Å². The van der Waals surface area contributed by atoms with Crippen molar-refractivity contribution in [2.45, 2.75) is 65.3 Å². The highest BCUT2D eigenvalue weighted by molar-refractivity contribution is 5.77. The minimum atomic E-state index is -4.44. The van der Waals surface area contributed by atoms with Crippen LogP contribution in [0, 0.1) is 13.8 Å². The van der Waals surface area contributed by atoms with E-state index in [0.29, 0.717) is 54.5 Å². The molecule has 226 valence electrons. The van der Waals surface area contributed by atoms with E-state index in [1.807, 2.05) is 51.3 Å². The molecule has 0 atom stereocenters. The van der Waals surface area contributed by atoms with Crippen molar-refractivity contribution in [1.29, 1.82) is 0 Å². The molecule has 0 bridgehead atoms. The number of halogens is 3. The largest absolute Gasteiger partial charge is 0.444 e. The van der Waals surface area contributed by atoms with Gasteiger partial charge in [-0.2, -0.15) is 13.2 Å². The maximum absolute atomic E-state index is 13.3. The molecule has 0 saturated carbocycles. The number of likely N-dealkylation sites (tertiary alicyclic amines) is 1. The first-order valence-electron chi connectivity index (χ1n) is 14.2. The molecule has 1 fully saturated rings. The smallest absolute Gasteiger partial charge is 0.416 e.